The van der Waals surface area contributed by atoms with Crippen molar-refractivity contribution in [2.75, 3.05) is 10.6 Å². The van der Waals surface area contributed by atoms with Crippen molar-refractivity contribution >= 4 is 17.4 Å². The highest BCUT2D eigenvalue weighted by atomic mass is 16.2. The van der Waals surface area contributed by atoms with E-state index in [-0.39, 0.29) is 0 Å². The molecule has 4 N–H and O–H groups in total. The summed E-state index contributed by atoms with van der Waals surface area (Å²) in [5, 5.41) is 5.97. The van der Waals surface area contributed by atoms with Crippen LogP contribution >= 0.6 is 0 Å². The number of carbonyl (C=O) groups is 1. The third kappa shape index (κ3) is 4.34. The molecule has 2 amide bonds. The van der Waals surface area contributed by atoms with E-state index in [0.29, 0.717) is 17.6 Å². The van der Waals surface area contributed by atoms with Crippen LogP contribution in [-0.2, 0) is 0 Å². The first kappa shape index (κ1) is 13.4. The summed E-state index contributed by atoms with van der Waals surface area (Å²) in [7, 11) is 0. The van der Waals surface area contributed by atoms with Gasteiger partial charge < -0.3 is 16.4 Å². The molecule has 0 aliphatic heterocycles. The molecule has 2 unspecified atom stereocenters. The van der Waals surface area contributed by atoms with E-state index < -0.39 is 6.03 Å². The largest absolute Gasteiger partial charge is 0.382 e. The minimum atomic E-state index is -0.544. The quantitative estimate of drug-likeness (QED) is 0.734. The molecule has 1 aromatic carbocycles. The van der Waals surface area contributed by atoms with Crippen molar-refractivity contribution in [1.82, 2.24) is 0 Å². The normalized spacial score (nSPS) is 13.8. The average Bonchev–Trinajstić information content (AvgIpc) is 2.27. The smallest absolute Gasteiger partial charge is 0.316 e. The summed E-state index contributed by atoms with van der Waals surface area (Å²) in [4.78, 5) is 10.7. The number of benzene rings is 1. The SMILES string of the molecule is CCC(C)C(C)Nc1cccc(NC(N)=O)c1. The van der Waals surface area contributed by atoms with Gasteiger partial charge in [0.25, 0.3) is 0 Å². The van der Waals surface area contributed by atoms with Crippen molar-refractivity contribution in [3.8, 4) is 0 Å². The zero-order chi connectivity index (χ0) is 12.8. The summed E-state index contributed by atoms with van der Waals surface area (Å²) in [6.45, 7) is 6.54. The van der Waals surface area contributed by atoms with Gasteiger partial charge in [-0.05, 0) is 31.0 Å². The Bertz CT molecular complexity index is 379. The number of nitrogens with two attached hydrogens (primary N) is 1. The second-order valence-corrected chi connectivity index (χ2v) is 4.39. The lowest BCUT2D eigenvalue weighted by atomic mass is 10.0. The van der Waals surface area contributed by atoms with Gasteiger partial charge in [-0.25, -0.2) is 4.79 Å². The van der Waals surface area contributed by atoms with Crippen molar-refractivity contribution in [3.63, 3.8) is 0 Å². The molecular formula is C13H21N3O. The highest BCUT2D eigenvalue weighted by molar-refractivity contribution is 5.88. The fourth-order valence-corrected chi connectivity index (χ4v) is 1.59. The molecule has 0 saturated heterocycles. The standard InChI is InChI=1S/C13H21N3O/c1-4-9(2)10(3)15-11-6-5-7-12(8-11)16-13(14)17/h5-10,15H,4H2,1-3H3,(H3,14,16,17). The molecule has 0 saturated carbocycles. The summed E-state index contributed by atoms with van der Waals surface area (Å²) in [5.74, 6) is 0.600. The summed E-state index contributed by atoms with van der Waals surface area (Å²) in [6.07, 6.45) is 1.13. The number of amides is 2. The van der Waals surface area contributed by atoms with Crippen LogP contribution in [0.25, 0.3) is 0 Å². The number of hydrogen-bond acceptors (Lipinski definition) is 2. The predicted molar refractivity (Wildman–Crippen MR) is 72.2 cm³/mol. The van der Waals surface area contributed by atoms with Crippen molar-refractivity contribution in [2.24, 2.45) is 11.7 Å². The Kier molecular flexibility index (Phi) is 4.82. The second-order valence-electron chi connectivity index (χ2n) is 4.39. The number of rotatable bonds is 5. The molecule has 1 rings (SSSR count). The maximum atomic E-state index is 10.7. The molecular weight excluding hydrogens is 214 g/mol. The van der Waals surface area contributed by atoms with Crippen LogP contribution in [0.4, 0.5) is 16.2 Å². The lowest BCUT2D eigenvalue weighted by Crippen LogP contribution is -2.23. The molecule has 0 aliphatic rings. The van der Waals surface area contributed by atoms with Gasteiger partial charge in [0.1, 0.15) is 0 Å². The van der Waals surface area contributed by atoms with Crippen LogP contribution in [0.5, 0.6) is 0 Å². The van der Waals surface area contributed by atoms with E-state index in [0.717, 1.165) is 12.1 Å². The molecule has 1 aromatic rings. The number of primary amides is 1. The number of hydrogen-bond donors (Lipinski definition) is 3. The first-order valence-electron chi connectivity index (χ1n) is 5.96. The number of carbonyl (C=O) groups excluding carboxylic acids is 1. The molecule has 0 radical (unpaired) electrons. The molecule has 0 spiro atoms. The van der Waals surface area contributed by atoms with Gasteiger partial charge in [-0.1, -0.05) is 26.3 Å². The molecule has 0 fully saturated rings. The van der Waals surface area contributed by atoms with E-state index >= 15 is 0 Å². The molecule has 2 atom stereocenters. The zero-order valence-corrected chi connectivity index (χ0v) is 10.7. The summed E-state index contributed by atoms with van der Waals surface area (Å²) < 4.78 is 0. The van der Waals surface area contributed by atoms with Crippen LogP contribution in [-0.4, -0.2) is 12.1 Å². The van der Waals surface area contributed by atoms with E-state index in [1.165, 1.54) is 0 Å². The van der Waals surface area contributed by atoms with Crippen LogP contribution in [0.1, 0.15) is 27.2 Å². The first-order chi connectivity index (χ1) is 8.02. The molecule has 17 heavy (non-hydrogen) atoms. The van der Waals surface area contributed by atoms with Gasteiger partial charge in [0.2, 0.25) is 0 Å². The minimum Gasteiger partial charge on any atom is -0.382 e. The van der Waals surface area contributed by atoms with Gasteiger partial charge in [-0.15, -0.1) is 0 Å². The Morgan fingerprint density at radius 3 is 2.59 bits per heavy atom. The monoisotopic (exact) mass is 235 g/mol. The van der Waals surface area contributed by atoms with E-state index in [4.69, 9.17) is 5.73 Å². The highest BCUT2D eigenvalue weighted by Gasteiger charge is 2.09. The zero-order valence-electron chi connectivity index (χ0n) is 10.7. The maximum absolute atomic E-state index is 10.7. The van der Waals surface area contributed by atoms with Gasteiger partial charge in [-0.2, -0.15) is 0 Å². The number of anilines is 2. The predicted octanol–water partition coefficient (Wildman–Crippen LogP) is 3.02. The Balaban J connectivity index is 2.68. The van der Waals surface area contributed by atoms with Crippen LogP contribution in [0, 0.1) is 5.92 Å². The van der Waals surface area contributed by atoms with Crippen molar-refractivity contribution in [1.29, 1.82) is 0 Å². The lowest BCUT2D eigenvalue weighted by Gasteiger charge is -2.21. The minimum absolute atomic E-state index is 0.392. The van der Waals surface area contributed by atoms with Crippen LogP contribution < -0.4 is 16.4 Å². The molecule has 0 heterocycles. The van der Waals surface area contributed by atoms with Crippen LogP contribution in [0.15, 0.2) is 24.3 Å². The summed E-state index contributed by atoms with van der Waals surface area (Å²) in [5.41, 5.74) is 6.77. The van der Waals surface area contributed by atoms with E-state index in [9.17, 15) is 4.79 Å². The molecule has 0 bridgehead atoms. The Hall–Kier alpha value is -1.71. The van der Waals surface area contributed by atoms with Crippen molar-refractivity contribution < 1.29 is 4.79 Å². The Morgan fingerprint density at radius 1 is 1.35 bits per heavy atom. The number of urea groups is 1. The lowest BCUT2D eigenvalue weighted by molar-refractivity contribution is 0.259. The van der Waals surface area contributed by atoms with Gasteiger partial charge in [0.05, 0.1) is 0 Å². The molecule has 94 valence electrons. The first-order valence-corrected chi connectivity index (χ1v) is 5.96. The summed E-state index contributed by atoms with van der Waals surface area (Å²) in [6, 6.07) is 7.40. The highest BCUT2D eigenvalue weighted by Crippen LogP contribution is 2.18. The third-order valence-electron chi connectivity index (χ3n) is 3.02. The maximum Gasteiger partial charge on any atom is 0.316 e. The number of nitrogens with one attached hydrogen (secondary N) is 2. The fraction of sp³-hybridized carbons (Fsp3) is 0.462. The molecule has 4 nitrogen and oxygen atoms in total. The van der Waals surface area contributed by atoms with Crippen LogP contribution in [0.3, 0.4) is 0 Å². The van der Waals surface area contributed by atoms with E-state index in [2.05, 4.69) is 31.4 Å². The Morgan fingerprint density at radius 2 is 2.00 bits per heavy atom. The van der Waals surface area contributed by atoms with Crippen molar-refractivity contribution in [2.45, 2.75) is 33.2 Å². The van der Waals surface area contributed by atoms with Gasteiger partial charge in [0.15, 0.2) is 0 Å². The van der Waals surface area contributed by atoms with Gasteiger partial charge in [0, 0.05) is 17.4 Å². The molecule has 0 aromatic heterocycles. The second kappa shape index (κ2) is 6.13. The third-order valence-corrected chi connectivity index (χ3v) is 3.02. The van der Waals surface area contributed by atoms with Crippen molar-refractivity contribution in [3.05, 3.63) is 24.3 Å². The summed E-state index contributed by atoms with van der Waals surface area (Å²) >= 11 is 0. The molecule has 0 aliphatic carbocycles. The Labute approximate surface area is 103 Å². The average molecular weight is 235 g/mol. The fourth-order valence-electron chi connectivity index (χ4n) is 1.59. The van der Waals surface area contributed by atoms with Gasteiger partial charge in [-0.3, -0.25) is 0 Å². The van der Waals surface area contributed by atoms with Crippen LogP contribution in [0.2, 0.25) is 0 Å². The van der Waals surface area contributed by atoms with E-state index in [1.807, 2.05) is 24.3 Å². The molecule has 4 heteroatoms. The van der Waals surface area contributed by atoms with Gasteiger partial charge >= 0.3 is 6.03 Å². The van der Waals surface area contributed by atoms with E-state index in [1.54, 1.807) is 0 Å². The topological polar surface area (TPSA) is 67.2 Å².